The number of thioether (sulfide) groups is 1. The minimum atomic E-state index is -0.619. The lowest BCUT2D eigenvalue weighted by atomic mass is 9.66. The first kappa shape index (κ1) is 29.5. The number of carbonyl (C=O) groups is 2. The van der Waals surface area contributed by atoms with Crippen molar-refractivity contribution in [2.45, 2.75) is 45.4 Å². The topological polar surface area (TPSA) is 104 Å². The number of allylic oxidation sites excluding steroid dienone is 1. The molecule has 8 nitrogen and oxygen atoms in total. The lowest BCUT2D eigenvalue weighted by Gasteiger charge is -2.38. The molecule has 1 aliphatic carbocycles. The molecule has 2 aromatic rings. The van der Waals surface area contributed by atoms with Crippen LogP contribution in [-0.2, 0) is 14.3 Å². The number of fused-ring (bicyclic) bond motifs is 1. The molecule has 0 radical (unpaired) electrons. The maximum Gasteiger partial charge on any atom is 0.336 e. The van der Waals surface area contributed by atoms with Gasteiger partial charge < -0.3 is 24.1 Å². The number of phenols is 1. The number of Topliss-reactive ketones (excluding diaryl/α,β-unsaturated/α-hetero) is 1. The van der Waals surface area contributed by atoms with Crippen molar-refractivity contribution in [2.75, 3.05) is 38.9 Å². The molecule has 1 aliphatic heterocycles. The Labute approximate surface area is 239 Å². The predicted molar refractivity (Wildman–Crippen MR) is 156 cm³/mol. The van der Waals surface area contributed by atoms with E-state index < -0.39 is 17.8 Å². The van der Waals surface area contributed by atoms with Gasteiger partial charge in [0, 0.05) is 29.5 Å². The Kier molecular flexibility index (Phi) is 9.79. The van der Waals surface area contributed by atoms with E-state index in [2.05, 4.69) is 6.92 Å². The second kappa shape index (κ2) is 13.3. The molecule has 40 heavy (non-hydrogen) atoms. The molecule has 0 bridgehead atoms. The van der Waals surface area contributed by atoms with Crippen LogP contribution >= 0.6 is 11.8 Å². The summed E-state index contributed by atoms with van der Waals surface area (Å²) in [5.74, 6) is 1.38. The molecule has 0 spiro atoms. The molecule has 1 N–H and O–H groups in total. The van der Waals surface area contributed by atoms with Gasteiger partial charge in [-0.2, -0.15) is 11.8 Å². The average molecular weight is 568 g/mol. The van der Waals surface area contributed by atoms with Crippen LogP contribution in [0.15, 0.2) is 52.7 Å². The zero-order valence-electron chi connectivity index (χ0n) is 23.7. The number of methoxy groups -OCH3 is 2. The molecular formula is C31H37NO7S. The third-order valence-electron chi connectivity index (χ3n) is 7.36. The van der Waals surface area contributed by atoms with Crippen LogP contribution in [0.25, 0.3) is 0 Å². The van der Waals surface area contributed by atoms with Crippen LogP contribution in [0.1, 0.15) is 56.6 Å². The molecule has 4 rings (SSSR count). The summed E-state index contributed by atoms with van der Waals surface area (Å²) < 4.78 is 22.2. The number of phenolic OH excluding ortho intramolecular Hbond substituents is 1. The summed E-state index contributed by atoms with van der Waals surface area (Å²) in [4.78, 5) is 32.2. The number of aliphatic imine (C=N–C) groups is 1. The second-order valence-electron chi connectivity index (χ2n) is 9.74. The second-order valence-corrected chi connectivity index (χ2v) is 11.1. The number of hydrogen-bond acceptors (Lipinski definition) is 9. The monoisotopic (exact) mass is 567 g/mol. The van der Waals surface area contributed by atoms with Crippen molar-refractivity contribution < 1.29 is 33.6 Å². The van der Waals surface area contributed by atoms with Crippen LogP contribution in [0.3, 0.4) is 0 Å². The molecular weight excluding hydrogens is 530 g/mol. The van der Waals surface area contributed by atoms with E-state index in [-0.39, 0.29) is 24.1 Å². The van der Waals surface area contributed by atoms with Gasteiger partial charge in [0.15, 0.2) is 23.0 Å². The highest BCUT2D eigenvalue weighted by atomic mass is 32.2. The van der Waals surface area contributed by atoms with Crippen molar-refractivity contribution in [1.82, 2.24) is 0 Å². The van der Waals surface area contributed by atoms with Crippen LogP contribution in [0.5, 0.6) is 23.0 Å². The van der Waals surface area contributed by atoms with Crippen LogP contribution in [0.4, 0.5) is 0 Å². The summed E-state index contributed by atoms with van der Waals surface area (Å²) in [7, 11) is 3.17. The van der Waals surface area contributed by atoms with E-state index in [4.69, 9.17) is 23.9 Å². The highest BCUT2D eigenvalue weighted by molar-refractivity contribution is 7.99. The minimum absolute atomic E-state index is 0.000147. The first-order valence-electron chi connectivity index (χ1n) is 13.6. The molecule has 0 saturated heterocycles. The Balaban J connectivity index is 1.75. The third-order valence-corrected chi connectivity index (χ3v) is 8.22. The lowest BCUT2D eigenvalue weighted by Crippen LogP contribution is -2.41. The SMILES string of the molecule is CCOc1cc([C@H]2C(C(=O)OCCSCC)=C(C)N=C3C[C@@H](c4ccc(OC)c(OC)c4)CC(=O)C32)ccc1O. The van der Waals surface area contributed by atoms with E-state index in [1.54, 1.807) is 51.1 Å². The maximum absolute atomic E-state index is 13.9. The fourth-order valence-corrected chi connectivity index (χ4v) is 6.04. The smallest absolute Gasteiger partial charge is 0.336 e. The number of esters is 1. The first-order valence-corrected chi connectivity index (χ1v) is 14.7. The van der Waals surface area contributed by atoms with E-state index in [9.17, 15) is 14.7 Å². The summed E-state index contributed by atoms with van der Waals surface area (Å²) in [6, 6.07) is 10.7. The lowest BCUT2D eigenvalue weighted by molar-refractivity contribution is -0.139. The van der Waals surface area contributed by atoms with Gasteiger partial charge in [-0.05, 0) is 67.3 Å². The van der Waals surface area contributed by atoms with Crippen LogP contribution in [0.2, 0.25) is 0 Å². The van der Waals surface area contributed by atoms with Gasteiger partial charge in [-0.25, -0.2) is 4.79 Å². The van der Waals surface area contributed by atoms with Gasteiger partial charge in [-0.15, -0.1) is 0 Å². The molecule has 3 atom stereocenters. The number of ether oxygens (including phenoxy) is 4. The van der Waals surface area contributed by atoms with Gasteiger partial charge in [-0.3, -0.25) is 9.79 Å². The average Bonchev–Trinajstić information content (AvgIpc) is 2.95. The Morgan fingerprint density at radius 2 is 1.73 bits per heavy atom. The number of carbonyl (C=O) groups excluding carboxylic acids is 2. The summed E-state index contributed by atoms with van der Waals surface area (Å²) in [6.45, 7) is 6.32. The van der Waals surface area contributed by atoms with E-state index in [1.165, 1.54) is 0 Å². The van der Waals surface area contributed by atoms with Crippen molar-refractivity contribution >= 4 is 29.2 Å². The highest BCUT2D eigenvalue weighted by Crippen LogP contribution is 2.47. The molecule has 2 aliphatic rings. The third kappa shape index (κ3) is 6.14. The number of aromatic hydroxyl groups is 1. The molecule has 1 fully saturated rings. The molecule has 214 valence electrons. The van der Waals surface area contributed by atoms with E-state index >= 15 is 0 Å². The van der Waals surface area contributed by atoms with Crippen molar-refractivity contribution in [2.24, 2.45) is 10.9 Å². The maximum atomic E-state index is 13.9. The number of rotatable bonds is 11. The van der Waals surface area contributed by atoms with Crippen LogP contribution in [0, 0.1) is 5.92 Å². The Morgan fingerprint density at radius 3 is 2.42 bits per heavy atom. The molecule has 1 heterocycles. The summed E-state index contributed by atoms with van der Waals surface area (Å²) >= 11 is 1.69. The van der Waals surface area contributed by atoms with Crippen molar-refractivity contribution in [3.05, 3.63) is 58.8 Å². The number of hydrogen-bond donors (Lipinski definition) is 1. The van der Waals surface area contributed by atoms with Gasteiger partial charge in [0.05, 0.1) is 32.3 Å². The van der Waals surface area contributed by atoms with Gasteiger partial charge in [0.25, 0.3) is 0 Å². The number of nitrogens with zero attached hydrogens (tertiary/aromatic N) is 1. The number of ketones is 1. The van der Waals surface area contributed by atoms with E-state index in [1.807, 2.05) is 25.1 Å². The number of benzene rings is 2. The van der Waals surface area contributed by atoms with Gasteiger partial charge >= 0.3 is 5.97 Å². The minimum Gasteiger partial charge on any atom is -0.504 e. The van der Waals surface area contributed by atoms with Gasteiger partial charge in [0.2, 0.25) is 0 Å². The normalized spacial score (nSPS) is 20.5. The zero-order valence-corrected chi connectivity index (χ0v) is 24.5. The van der Waals surface area contributed by atoms with Gasteiger partial charge in [0.1, 0.15) is 12.4 Å². The Morgan fingerprint density at radius 1 is 1.00 bits per heavy atom. The molecule has 1 unspecified atom stereocenters. The molecule has 0 aromatic heterocycles. The zero-order chi connectivity index (χ0) is 28.8. The summed E-state index contributed by atoms with van der Waals surface area (Å²) in [5, 5.41) is 10.3. The van der Waals surface area contributed by atoms with E-state index in [0.717, 1.165) is 17.0 Å². The van der Waals surface area contributed by atoms with Crippen LogP contribution in [-0.4, -0.2) is 61.5 Å². The van der Waals surface area contributed by atoms with E-state index in [0.29, 0.717) is 59.3 Å². The predicted octanol–water partition coefficient (Wildman–Crippen LogP) is 5.68. The van der Waals surface area contributed by atoms with Gasteiger partial charge in [-0.1, -0.05) is 19.1 Å². The molecule has 9 heteroatoms. The molecule has 0 amide bonds. The molecule has 2 aromatic carbocycles. The van der Waals surface area contributed by atoms with Crippen molar-refractivity contribution in [3.63, 3.8) is 0 Å². The highest BCUT2D eigenvalue weighted by Gasteiger charge is 2.46. The van der Waals surface area contributed by atoms with Crippen molar-refractivity contribution in [1.29, 1.82) is 0 Å². The standard InChI is InChI=1S/C31H37NO7S/c1-6-38-26-17-20(8-10-23(26)33)29-28(31(35)39-12-13-40-7-2)18(3)32-22-14-21(15-24(34)30(22)29)19-9-11-25(36-4)27(16-19)37-5/h8-11,16-17,21,29-30,33H,6-7,12-15H2,1-5H3/t21-,29+,30?/m1/s1. The first-order chi connectivity index (χ1) is 19.3. The largest absolute Gasteiger partial charge is 0.504 e. The van der Waals surface area contributed by atoms with Crippen molar-refractivity contribution in [3.8, 4) is 23.0 Å². The Hall–Kier alpha value is -3.46. The summed E-state index contributed by atoms with van der Waals surface area (Å²) in [5.41, 5.74) is 3.32. The fraction of sp³-hybridized carbons (Fsp3) is 0.452. The summed E-state index contributed by atoms with van der Waals surface area (Å²) in [6.07, 6.45) is 0.853. The van der Waals surface area contributed by atoms with Crippen LogP contribution < -0.4 is 14.2 Å². The molecule has 1 saturated carbocycles. The fourth-order valence-electron chi connectivity index (χ4n) is 5.55. The quantitative estimate of drug-likeness (QED) is 0.273. The Bertz CT molecular complexity index is 1320.